The maximum atomic E-state index is 13.5. The summed E-state index contributed by atoms with van der Waals surface area (Å²) >= 11 is 0. The van der Waals surface area contributed by atoms with Crippen LogP contribution in [0.3, 0.4) is 0 Å². The minimum atomic E-state index is -0.804. The van der Waals surface area contributed by atoms with Gasteiger partial charge < -0.3 is 20.9 Å². The number of rotatable bonds is 8. The number of nitrogens with zero attached hydrogens (tertiary/aromatic N) is 3. The zero-order chi connectivity index (χ0) is 25.9. The number of hydrogen-bond acceptors (Lipinski definition) is 6. The summed E-state index contributed by atoms with van der Waals surface area (Å²) in [7, 11) is 1.66. The highest BCUT2D eigenvalue weighted by Gasteiger charge is 2.31. The third-order valence-corrected chi connectivity index (χ3v) is 6.59. The molecule has 8 heteroatoms. The lowest BCUT2D eigenvalue weighted by Gasteiger charge is -2.28. The summed E-state index contributed by atoms with van der Waals surface area (Å²) in [6.07, 6.45) is 0.753. The van der Waals surface area contributed by atoms with Crippen LogP contribution < -0.4 is 11.5 Å². The highest BCUT2D eigenvalue weighted by atomic mass is 16.5. The van der Waals surface area contributed by atoms with E-state index in [1.807, 2.05) is 78.9 Å². The van der Waals surface area contributed by atoms with Gasteiger partial charge in [0.1, 0.15) is 6.04 Å². The van der Waals surface area contributed by atoms with E-state index in [-0.39, 0.29) is 17.6 Å². The molecule has 0 aliphatic rings. The molecule has 2 atom stereocenters. The molecule has 2 amide bonds. The van der Waals surface area contributed by atoms with Gasteiger partial charge in [0.05, 0.1) is 6.04 Å². The molecule has 4 N–H and O–H groups in total. The fourth-order valence-electron chi connectivity index (χ4n) is 4.57. The maximum absolute atomic E-state index is 13.5. The van der Waals surface area contributed by atoms with Crippen molar-refractivity contribution < 1.29 is 14.1 Å². The number of primary amides is 1. The Morgan fingerprint density at radius 1 is 0.838 bits per heavy atom. The first-order valence-electron chi connectivity index (χ1n) is 12.0. The van der Waals surface area contributed by atoms with Gasteiger partial charge in [-0.2, -0.15) is 4.98 Å². The third kappa shape index (κ3) is 5.19. The summed E-state index contributed by atoms with van der Waals surface area (Å²) in [4.78, 5) is 30.8. The van der Waals surface area contributed by atoms with Crippen LogP contribution in [0.25, 0.3) is 21.5 Å². The summed E-state index contributed by atoms with van der Waals surface area (Å²) in [5.74, 6) is -1.20. The van der Waals surface area contributed by atoms with Crippen LogP contribution in [-0.2, 0) is 17.6 Å². The van der Waals surface area contributed by atoms with Crippen molar-refractivity contribution in [3.8, 4) is 0 Å². The van der Waals surface area contributed by atoms with Crippen molar-refractivity contribution in [2.24, 2.45) is 11.5 Å². The molecular weight excluding hydrogens is 466 g/mol. The lowest BCUT2D eigenvalue weighted by Crippen LogP contribution is -2.45. The van der Waals surface area contributed by atoms with E-state index in [2.05, 4.69) is 16.2 Å². The Morgan fingerprint density at radius 3 is 1.92 bits per heavy atom. The van der Waals surface area contributed by atoms with Crippen LogP contribution in [0.4, 0.5) is 0 Å². The number of aromatic nitrogens is 2. The maximum Gasteiger partial charge on any atom is 0.290 e. The second-order valence-electron chi connectivity index (χ2n) is 9.16. The van der Waals surface area contributed by atoms with E-state index in [0.717, 1.165) is 32.7 Å². The van der Waals surface area contributed by atoms with Gasteiger partial charge in [-0.15, -0.1) is 0 Å². The predicted octanol–water partition coefficient (Wildman–Crippen LogP) is 3.79. The van der Waals surface area contributed by atoms with Crippen molar-refractivity contribution in [1.82, 2.24) is 15.0 Å². The van der Waals surface area contributed by atoms with Gasteiger partial charge in [-0.05, 0) is 39.1 Å². The fraction of sp³-hybridized carbons (Fsp3) is 0.172. The Kier molecular flexibility index (Phi) is 6.66. The van der Waals surface area contributed by atoms with Gasteiger partial charge in [-0.1, -0.05) is 90.1 Å². The Bertz CT molecular complexity index is 1600. The molecule has 2 unspecified atom stereocenters. The number of likely N-dealkylation sites (N-methyl/N-ethyl adjacent to an activating group) is 1. The fourth-order valence-corrected chi connectivity index (χ4v) is 4.57. The molecule has 5 aromatic rings. The van der Waals surface area contributed by atoms with Crippen molar-refractivity contribution in [1.29, 1.82) is 0 Å². The predicted molar refractivity (Wildman–Crippen MR) is 142 cm³/mol. The third-order valence-electron chi connectivity index (χ3n) is 6.59. The monoisotopic (exact) mass is 493 g/mol. The van der Waals surface area contributed by atoms with Crippen LogP contribution >= 0.6 is 0 Å². The highest BCUT2D eigenvalue weighted by molar-refractivity contribution is 5.88. The summed E-state index contributed by atoms with van der Waals surface area (Å²) in [5.41, 5.74) is 13.7. The van der Waals surface area contributed by atoms with Crippen LogP contribution in [0.5, 0.6) is 0 Å². The van der Waals surface area contributed by atoms with Crippen LogP contribution in [0, 0.1) is 0 Å². The van der Waals surface area contributed by atoms with Crippen molar-refractivity contribution in [3.05, 3.63) is 108 Å². The minimum Gasteiger partial charge on any atom is -0.363 e. The standard InChI is InChI=1S/C29H27N5O3/c1-34(29(36)24(30)16-18-10-12-20-6-2-4-8-22(20)14-18)25(28-32-27(26(31)35)33-37-28)17-19-11-13-21-7-3-5-9-23(21)15-19/h2-15,24-25H,16-17,30H2,1H3,(H2,31,35). The second kappa shape index (κ2) is 10.2. The molecule has 1 heterocycles. The van der Waals surface area contributed by atoms with Crippen LogP contribution in [-0.4, -0.2) is 39.9 Å². The van der Waals surface area contributed by atoms with Crippen LogP contribution in [0.2, 0.25) is 0 Å². The Hall–Kier alpha value is -4.56. The van der Waals surface area contributed by atoms with Gasteiger partial charge in [-0.25, -0.2) is 0 Å². The Labute approximate surface area is 213 Å². The summed E-state index contributed by atoms with van der Waals surface area (Å²) in [6, 6.07) is 26.8. The molecule has 0 aliphatic heterocycles. The summed E-state index contributed by atoms with van der Waals surface area (Å²) < 4.78 is 5.37. The van der Waals surface area contributed by atoms with E-state index in [1.54, 1.807) is 7.05 Å². The SMILES string of the molecule is CN(C(=O)C(N)Cc1ccc2ccccc2c1)C(Cc1ccc2ccccc2c1)c1nc(C(N)=O)no1. The van der Waals surface area contributed by atoms with Gasteiger partial charge >= 0.3 is 0 Å². The first-order chi connectivity index (χ1) is 17.9. The zero-order valence-electron chi connectivity index (χ0n) is 20.4. The molecule has 0 spiro atoms. The first kappa shape index (κ1) is 24.1. The molecule has 1 aromatic heterocycles. The quantitative estimate of drug-likeness (QED) is 0.338. The molecular formula is C29H27N5O3. The molecule has 0 radical (unpaired) electrons. The van der Waals surface area contributed by atoms with Gasteiger partial charge in [-0.3, -0.25) is 9.59 Å². The zero-order valence-corrected chi connectivity index (χ0v) is 20.4. The van der Waals surface area contributed by atoms with Crippen LogP contribution in [0.15, 0.2) is 89.5 Å². The number of benzene rings is 4. The van der Waals surface area contributed by atoms with E-state index in [0.29, 0.717) is 12.8 Å². The Morgan fingerprint density at radius 2 is 1.38 bits per heavy atom. The minimum absolute atomic E-state index is 0.121. The highest BCUT2D eigenvalue weighted by Crippen LogP contribution is 2.26. The van der Waals surface area contributed by atoms with Crippen molar-refractivity contribution in [2.75, 3.05) is 7.05 Å². The summed E-state index contributed by atoms with van der Waals surface area (Å²) in [5, 5.41) is 8.08. The lowest BCUT2D eigenvalue weighted by atomic mass is 9.99. The van der Waals surface area contributed by atoms with Crippen molar-refractivity contribution in [2.45, 2.75) is 24.9 Å². The Balaban J connectivity index is 1.41. The molecule has 0 saturated carbocycles. The molecule has 4 aromatic carbocycles. The summed E-state index contributed by atoms with van der Waals surface area (Å²) in [6.45, 7) is 0. The number of amides is 2. The normalized spacial score (nSPS) is 12.9. The lowest BCUT2D eigenvalue weighted by molar-refractivity contribution is -0.134. The van der Waals surface area contributed by atoms with Crippen molar-refractivity contribution in [3.63, 3.8) is 0 Å². The molecule has 0 bridgehead atoms. The molecule has 0 aliphatic carbocycles. The average Bonchev–Trinajstić information content (AvgIpc) is 3.41. The van der Waals surface area contributed by atoms with E-state index >= 15 is 0 Å². The molecule has 0 fully saturated rings. The van der Waals surface area contributed by atoms with Gasteiger partial charge in [0.15, 0.2) is 0 Å². The van der Waals surface area contributed by atoms with E-state index in [1.165, 1.54) is 4.90 Å². The number of hydrogen-bond donors (Lipinski definition) is 2. The van der Waals surface area contributed by atoms with Crippen molar-refractivity contribution >= 4 is 33.4 Å². The average molecular weight is 494 g/mol. The molecule has 37 heavy (non-hydrogen) atoms. The molecule has 8 nitrogen and oxygen atoms in total. The molecule has 0 saturated heterocycles. The van der Waals surface area contributed by atoms with Gasteiger partial charge in [0, 0.05) is 13.5 Å². The molecule has 5 rings (SSSR count). The van der Waals surface area contributed by atoms with E-state index in [9.17, 15) is 9.59 Å². The topological polar surface area (TPSA) is 128 Å². The van der Waals surface area contributed by atoms with Crippen LogP contribution in [0.1, 0.15) is 33.7 Å². The van der Waals surface area contributed by atoms with E-state index in [4.69, 9.17) is 16.0 Å². The smallest absolute Gasteiger partial charge is 0.290 e. The number of fused-ring (bicyclic) bond motifs is 2. The van der Waals surface area contributed by atoms with Gasteiger partial charge in [0.2, 0.25) is 11.8 Å². The number of carbonyl (C=O) groups excluding carboxylic acids is 2. The first-order valence-corrected chi connectivity index (χ1v) is 12.0. The largest absolute Gasteiger partial charge is 0.363 e. The number of carbonyl (C=O) groups is 2. The number of nitrogens with two attached hydrogens (primary N) is 2. The van der Waals surface area contributed by atoms with Gasteiger partial charge in [0.25, 0.3) is 11.7 Å². The van der Waals surface area contributed by atoms with E-state index < -0.39 is 18.0 Å². The molecule has 186 valence electrons. The second-order valence-corrected chi connectivity index (χ2v) is 9.16.